The van der Waals surface area contributed by atoms with E-state index in [9.17, 15) is 0 Å². The number of unbranched alkanes of at least 4 members (excludes halogenated alkanes) is 2. The SMILES string of the molecule is CCCCc1cc2c(-c3ccccc3C(C)C)cccc2[cH-]1.CCCCc1cc2c(-c3ccccc3C(C)C)cccc2[cH-]1.C[Si]C.[Cl][Zr+2][Cl]. The molecule has 0 aliphatic carbocycles. The van der Waals surface area contributed by atoms with Crippen molar-refractivity contribution in [2.24, 2.45) is 0 Å². The molecular formula is C46H56Cl2SiZr. The second-order valence-electron chi connectivity index (χ2n) is 13.6. The number of benzene rings is 4. The van der Waals surface area contributed by atoms with Gasteiger partial charge in [0.15, 0.2) is 0 Å². The second-order valence-corrected chi connectivity index (χ2v) is 18.3. The number of hydrogen-bond donors (Lipinski definition) is 0. The van der Waals surface area contributed by atoms with Gasteiger partial charge in [0.2, 0.25) is 0 Å². The molecular weight excluding hydrogens is 743 g/mol. The Kier molecular flexibility index (Phi) is 19.1. The summed E-state index contributed by atoms with van der Waals surface area (Å²) in [7, 11) is 11.0. The summed E-state index contributed by atoms with van der Waals surface area (Å²) in [5.74, 6) is 1.09. The molecule has 4 heteroatoms. The van der Waals surface area contributed by atoms with Gasteiger partial charge in [-0.1, -0.05) is 152 Å². The summed E-state index contributed by atoms with van der Waals surface area (Å²) in [5.41, 5.74) is 11.4. The fraction of sp³-hybridized carbons (Fsp3) is 0.348. The molecule has 6 aromatic carbocycles. The molecule has 0 saturated carbocycles. The van der Waals surface area contributed by atoms with Gasteiger partial charge in [-0.05, 0) is 46.9 Å². The van der Waals surface area contributed by atoms with Gasteiger partial charge in [-0.3, -0.25) is 0 Å². The van der Waals surface area contributed by atoms with E-state index in [1.165, 1.54) is 105 Å². The first-order valence-electron chi connectivity index (χ1n) is 18.3. The molecule has 262 valence electrons. The summed E-state index contributed by atoms with van der Waals surface area (Å²) in [6.45, 7) is 17.9. The van der Waals surface area contributed by atoms with Crippen LogP contribution in [0.3, 0.4) is 0 Å². The molecule has 0 atom stereocenters. The van der Waals surface area contributed by atoms with Crippen molar-refractivity contribution in [3.8, 4) is 22.3 Å². The van der Waals surface area contributed by atoms with E-state index in [-0.39, 0.29) is 0 Å². The molecule has 0 unspecified atom stereocenters. The molecule has 2 radical (unpaired) electrons. The van der Waals surface area contributed by atoms with Crippen LogP contribution in [0.2, 0.25) is 13.1 Å². The Bertz CT molecular complexity index is 1710. The van der Waals surface area contributed by atoms with E-state index in [0.29, 0.717) is 11.8 Å². The summed E-state index contributed by atoms with van der Waals surface area (Å²) >= 11 is -0.826. The van der Waals surface area contributed by atoms with Crippen molar-refractivity contribution in [3.05, 3.63) is 131 Å². The van der Waals surface area contributed by atoms with Crippen molar-refractivity contribution in [2.45, 2.75) is 105 Å². The maximum absolute atomic E-state index is 4.93. The molecule has 0 aliphatic heterocycles. The molecule has 0 N–H and O–H groups in total. The molecule has 0 spiro atoms. The van der Waals surface area contributed by atoms with Gasteiger partial charge < -0.3 is 0 Å². The van der Waals surface area contributed by atoms with Crippen molar-refractivity contribution >= 4 is 48.1 Å². The number of fused-ring (bicyclic) bond motifs is 2. The molecule has 0 bridgehead atoms. The van der Waals surface area contributed by atoms with Crippen LogP contribution < -0.4 is 0 Å². The predicted molar refractivity (Wildman–Crippen MR) is 225 cm³/mol. The van der Waals surface area contributed by atoms with Crippen LogP contribution in [-0.4, -0.2) is 9.52 Å². The van der Waals surface area contributed by atoms with Crippen LogP contribution in [0, 0.1) is 0 Å². The minimum absolute atomic E-state index is 0.543. The summed E-state index contributed by atoms with van der Waals surface area (Å²) in [6, 6.07) is 40.6. The van der Waals surface area contributed by atoms with Crippen molar-refractivity contribution < 1.29 is 20.8 Å². The zero-order valence-electron chi connectivity index (χ0n) is 31.5. The predicted octanol–water partition coefficient (Wildman–Crippen LogP) is 15.5. The van der Waals surface area contributed by atoms with Crippen LogP contribution in [0.1, 0.15) is 101 Å². The molecule has 0 saturated heterocycles. The number of hydrogen-bond acceptors (Lipinski definition) is 0. The Morgan fingerprint density at radius 1 is 0.560 bits per heavy atom. The first-order valence-corrected chi connectivity index (χ1v) is 26.7. The monoisotopic (exact) mass is 796 g/mol. The summed E-state index contributed by atoms with van der Waals surface area (Å²) in [4.78, 5) is 0. The van der Waals surface area contributed by atoms with Crippen molar-refractivity contribution in [1.82, 2.24) is 0 Å². The first kappa shape index (κ1) is 42.2. The molecule has 0 aliphatic rings. The summed E-state index contributed by atoms with van der Waals surface area (Å²) < 4.78 is 0. The van der Waals surface area contributed by atoms with E-state index < -0.39 is 20.8 Å². The fourth-order valence-electron chi connectivity index (χ4n) is 6.61. The van der Waals surface area contributed by atoms with Gasteiger partial charge in [-0.25, -0.2) is 0 Å². The molecule has 0 nitrogen and oxygen atoms in total. The Labute approximate surface area is 325 Å². The van der Waals surface area contributed by atoms with Crippen molar-refractivity contribution in [2.75, 3.05) is 0 Å². The molecule has 6 rings (SSSR count). The van der Waals surface area contributed by atoms with Crippen LogP contribution in [-0.2, 0) is 33.7 Å². The van der Waals surface area contributed by atoms with Gasteiger partial charge in [-0.2, -0.15) is 12.1 Å². The molecule has 6 aromatic rings. The Morgan fingerprint density at radius 2 is 0.900 bits per heavy atom. The van der Waals surface area contributed by atoms with E-state index in [4.69, 9.17) is 17.0 Å². The van der Waals surface area contributed by atoms with Gasteiger partial charge in [0, 0.05) is 9.52 Å². The number of rotatable bonds is 10. The van der Waals surface area contributed by atoms with Crippen LogP contribution in [0.4, 0.5) is 0 Å². The van der Waals surface area contributed by atoms with E-state index in [0.717, 1.165) is 9.52 Å². The van der Waals surface area contributed by atoms with Crippen molar-refractivity contribution in [1.29, 1.82) is 0 Å². The minimum atomic E-state index is -0.826. The van der Waals surface area contributed by atoms with Crippen LogP contribution in [0.25, 0.3) is 43.8 Å². The standard InChI is InChI=1S/2C22H25.C2H6Si.2ClH.Zr/c2*1-4-5-9-17-14-18-10-8-13-21(22(18)15-17)20-12-7-6-11-19(20)16(2)3;1-3-2;;;/h2*6-8,10-16H,4-5,9H2,1-3H3;1-2H3;2*1H;/q2*-1;;;;+4/p-2. The number of aryl methyl sites for hydroxylation is 2. The molecule has 0 amide bonds. The maximum atomic E-state index is 4.93. The van der Waals surface area contributed by atoms with Gasteiger partial charge in [0.25, 0.3) is 0 Å². The van der Waals surface area contributed by atoms with Crippen LogP contribution in [0.5, 0.6) is 0 Å². The Morgan fingerprint density at radius 3 is 1.24 bits per heavy atom. The zero-order valence-corrected chi connectivity index (χ0v) is 36.5. The molecule has 0 fully saturated rings. The third-order valence-electron chi connectivity index (χ3n) is 9.00. The fourth-order valence-corrected chi connectivity index (χ4v) is 6.61. The molecule has 50 heavy (non-hydrogen) atoms. The van der Waals surface area contributed by atoms with Crippen LogP contribution in [0.15, 0.2) is 109 Å². The third-order valence-corrected chi connectivity index (χ3v) is 9.00. The van der Waals surface area contributed by atoms with Gasteiger partial charge in [0.1, 0.15) is 0 Å². The van der Waals surface area contributed by atoms with Crippen LogP contribution >= 0.6 is 17.0 Å². The van der Waals surface area contributed by atoms with Gasteiger partial charge in [-0.15, -0.1) is 69.1 Å². The second kappa shape index (κ2) is 22.7. The third kappa shape index (κ3) is 11.9. The Balaban J connectivity index is 0.000000234. The van der Waals surface area contributed by atoms with Gasteiger partial charge in [0.05, 0.1) is 0 Å². The quantitative estimate of drug-likeness (QED) is 0.0956. The zero-order chi connectivity index (χ0) is 36.5. The van der Waals surface area contributed by atoms with E-state index in [1.807, 2.05) is 0 Å². The molecule has 0 aromatic heterocycles. The van der Waals surface area contributed by atoms with E-state index in [2.05, 4.69) is 164 Å². The van der Waals surface area contributed by atoms with Crippen molar-refractivity contribution in [3.63, 3.8) is 0 Å². The topological polar surface area (TPSA) is 0 Å². The van der Waals surface area contributed by atoms with E-state index in [1.54, 1.807) is 0 Å². The average molecular weight is 799 g/mol. The van der Waals surface area contributed by atoms with Gasteiger partial charge >= 0.3 is 37.9 Å². The Hall–Kier alpha value is -2.22. The summed E-state index contributed by atoms with van der Waals surface area (Å²) in [5, 5.41) is 5.56. The normalized spacial score (nSPS) is 10.6. The first-order chi connectivity index (χ1) is 24.2. The molecule has 0 heterocycles. The summed E-state index contributed by atoms with van der Waals surface area (Å²) in [6.07, 6.45) is 7.44. The number of halogens is 2. The van der Waals surface area contributed by atoms with E-state index >= 15 is 0 Å². The average Bonchev–Trinajstić information content (AvgIpc) is 3.74.